The molecule has 0 spiro atoms. The van der Waals surface area contributed by atoms with Crippen LogP contribution in [0.2, 0.25) is 0 Å². The normalized spacial score (nSPS) is 10.9. The Morgan fingerprint density at radius 2 is 0.211 bits per heavy atom. The Hall–Kier alpha value is 0.394. The van der Waals surface area contributed by atoms with Gasteiger partial charge in [0.05, 0.1) is 105 Å². The Balaban J connectivity index is -0.0000000748. The quantitative estimate of drug-likeness (QED) is 0.0494. The van der Waals surface area contributed by atoms with Crippen molar-refractivity contribution in [1.29, 1.82) is 0 Å². The van der Waals surface area contributed by atoms with Crippen LogP contribution >= 0.6 is 0 Å². The van der Waals surface area contributed by atoms with Gasteiger partial charge in [-0.2, -0.15) is 0 Å². The van der Waals surface area contributed by atoms with Gasteiger partial charge in [-0.15, -0.1) is 0 Å². The van der Waals surface area contributed by atoms with E-state index in [-0.39, 0.29) is 43.6 Å². The van der Waals surface area contributed by atoms with Gasteiger partial charge in [-0.1, -0.05) is 111 Å². The Bertz CT molecular complexity index is 461. The van der Waals surface area contributed by atoms with Crippen LogP contribution in [0.3, 0.4) is 0 Å². The molecule has 57 heavy (non-hydrogen) atoms. The van der Waals surface area contributed by atoms with Gasteiger partial charge in [-0.3, -0.25) is 0 Å². The Morgan fingerprint density at radius 3 is 0.246 bits per heavy atom. The summed E-state index contributed by atoms with van der Waals surface area (Å²) in [6, 6.07) is 0. The fourth-order valence-corrected chi connectivity index (χ4v) is 10.3. The van der Waals surface area contributed by atoms with Gasteiger partial charge in [-0.25, -0.2) is 0 Å². The van der Waals surface area contributed by atoms with E-state index in [1.54, 1.807) is 0 Å². The second-order valence-electron chi connectivity index (χ2n) is 16.9. The minimum atomic E-state index is 0. The molecule has 0 amide bonds. The average molecular weight is 861 g/mol. The van der Waals surface area contributed by atoms with Gasteiger partial charge in [0.1, 0.15) is 0 Å². The summed E-state index contributed by atoms with van der Waals surface area (Å²) in [7, 11) is 0. The first kappa shape index (κ1) is 77.9. The topological polar surface area (TPSA) is 120 Å². The zero-order valence-corrected chi connectivity index (χ0v) is 44.3. The van der Waals surface area contributed by atoms with Crippen molar-refractivity contribution >= 4 is 0 Å². The molecular weight excluding hydrogens is 744 g/mol. The molecule has 0 aromatic heterocycles. The Labute approximate surface area is 378 Å². The SMILES string of the molecule is CCC[N+](CCC)(CCC)CCC.CCC[N+](CCC)(CCC)CCC.CCC[N+](CCC)(CCC)CCC.CCC[N+](CCC)(CCC)CCC.[OH-].[OH-].[OH-].[OH-].[Ti]. The van der Waals surface area contributed by atoms with Crippen LogP contribution in [0.4, 0.5) is 0 Å². The second kappa shape index (κ2) is 54.4. The molecule has 0 saturated carbocycles. The summed E-state index contributed by atoms with van der Waals surface area (Å²) in [6.07, 6.45) is 21.3. The van der Waals surface area contributed by atoms with Crippen LogP contribution in [0.25, 0.3) is 0 Å². The summed E-state index contributed by atoms with van der Waals surface area (Å²) in [5, 5.41) is 0. The first-order valence-electron chi connectivity index (χ1n) is 24.4. The summed E-state index contributed by atoms with van der Waals surface area (Å²) in [5.74, 6) is 0. The monoisotopic (exact) mass is 861 g/mol. The summed E-state index contributed by atoms with van der Waals surface area (Å²) >= 11 is 0. The molecule has 356 valence electrons. The molecule has 0 atom stereocenters. The van der Waals surface area contributed by atoms with Crippen LogP contribution in [0.1, 0.15) is 214 Å². The van der Waals surface area contributed by atoms with Crippen molar-refractivity contribution in [3.8, 4) is 0 Å². The molecule has 0 bridgehead atoms. The Kier molecular flexibility index (Phi) is 74.4. The minimum Gasteiger partial charge on any atom is -0.870 e. The zero-order valence-electron chi connectivity index (χ0n) is 42.7. The number of hydrogen-bond acceptors (Lipinski definition) is 4. The van der Waals surface area contributed by atoms with Crippen molar-refractivity contribution in [2.45, 2.75) is 214 Å². The van der Waals surface area contributed by atoms with E-state index in [4.69, 9.17) is 0 Å². The number of rotatable bonds is 32. The molecule has 4 N–H and O–H groups in total. The van der Waals surface area contributed by atoms with Gasteiger partial charge >= 0.3 is 0 Å². The predicted molar refractivity (Wildman–Crippen MR) is 251 cm³/mol. The molecule has 0 aromatic carbocycles. The van der Waals surface area contributed by atoms with E-state index < -0.39 is 0 Å². The largest absolute Gasteiger partial charge is 0.870 e. The summed E-state index contributed by atoms with van der Waals surface area (Å²) < 4.78 is 5.50. The van der Waals surface area contributed by atoms with E-state index in [0.717, 1.165) is 0 Å². The third-order valence-electron chi connectivity index (χ3n) is 11.2. The fraction of sp³-hybridized carbons (Fsp3) is 1.00. The molecule has 0 saturated heterocycles. The third-order valence-corrected chi connectivity index (χ3v) is 11.2. The van der Waals surface area contributed by atoms with Crippen molar-refractivity contribution in [2.75, 3.05) is 105 Å². The summed E-state index contributed by atoms with van der Waals surface area (Å²) in [5.41, 5.74) is 0. The molecule has 0 aliphatic rings. The number of nitrogens with zero attached hydrogens (tertiary/aromatic N) is 4. The molecule has 9 heteroatoms. The van der Waals surface area contributed by atoms with Crippen molar-refractivity contribution in [3.63, 3.8) is 0 Å². The van der Waals surface area contributed by atoms with Crippen LogP contribution in [0.15, 0.2) is 0 Å². The van der Waals surface area contributed by atoms with E-state index in [1.165, 1.54) is 225 Å². The molecule has 0 aliphatic carbocycles. The van der Waals surface area contributed by atoms with Crippen LogP contribution < -0.4 is 0 Å². The fourth-order valence-electron chi connectivity index (χ4n) is 10.3. The van der Waals surface area contributed by atoms with Crippen LogP contribution in [0.5, 0.6) is 0 Å². The maximum Gasteiger partial charge on any atom is 0.0783 e. The van der Waals surface area contributed by atoms with Gasteiger partial charge in [0, 0.05) is 21.7 Å². The first-order valence-corrected chi connectivity index (χ1v) is 24.4. The van der Waals surface area contributed by atoms with E-state index in [9.17, 15) is 0 Å². The maximum absolute atomic E-state index is 2.31. The van der Waals surface area contributed by atoms with Crippen molar-refractivity contribution in [1.82, 2.24) is 0 Å². The summed E-state index contributed by atoms with van der Waals surface area (Å²) in [6.45, 7) is 59.2. The van der Waals surface area contributed by atoms with Gasteiger partial charge in [-0.05, 0) is 103 Å². The van der Waals surface area contributed by atoms with Gasteiger partial charge in [0.15, 0.2) is 0 Å². The van der Waals surface area contributed by atoms with Crippen molar-refractivity contribution in [2.24, 2.45) is 0 Å². The maximum atomic E-state index is 2.31. The van der Waals surface area contributed by atoms with Crippen molar-refractivity contribution < 1.29 is 61.6 Å². The number of hydrogen-bond donors (Lipinski definition) is 0. The molecular formula is C48H116N4O4Ti. The van der Waals surface area contributed by atoms with Gasteiger partial charge in [0.2, 0.25) is 0 Å². The number of quaternary nitrogens is 4. The molecule has 0 aromatic rings. The predicted octanol–water partition coefficient (Wildman–Crippen LogP) is 13.1. The van der Waals surface area contributed by atoms with Crippen LogP contribution in [-0.4, -0.2) is 145 Å². The standard InChI is InChI=1S/4C12H28N.4H2O.Ti/c4*1-5-9-13(10-6-2,11-7-3)12-8-4;;;;;/h4*5-12H2,1-4H3;4*1H2;/q4*+1;;;;;/p-4. The summed E-state index contributed by atoms with van der Waals surface area (Å²) in [4.78, 5) is 0. The van der Waals surface area contributed by atoms with E-state index in [2.05, 4.69) is 111 Å². The molecule has 8 nitrogen and oxygen atoms in total. The molecule has 0 radical (unpaired) electrons. The second-order valence-corrected chi connectivity index (χ2v) is 16.9. The molecule has 0 aliphatic heterocycles. The molecule has 0 unspecified atom stereocenters. The van der Waals surface area contributed by atoms with E-state index in [1.807, 2.05) is 0 Å². The third kappa shape index (κ3) is 40.2. The molecule has 0 fully saturated rings. The van der Waals surface area contributed by atoms with E-state index >= 15 is 0 Å². The van der Waals surface area contributed by atoms with Gasteiger partial charge in [0.25, 0.3) is 0 Å². The Morgan fingerprint density at radius 1 is 0.158 bits per heavy atom. The molecule has 0 rings (SSSR count). The van der Waals surface area contributed by atoms with Crippen LogP contribution in [-0.2, 0) is 21.7 Å². The van der Waals surface area contributed by atoms with Gasteiger partial charge < -0.3 is 39.8 Å². The van der Waals surface area contributed by atoms with Crippen LogP contribution in [0, 0.1) is 0 Å². The first-order chi connectivity index (χ1) is 25.0. The molecule has 0 heterocycles. The average Bonchev–Trinajstić information content (AvgIpc) is 3.08. The minimum absolute atomic E-state index is 0. The smallest absolute Gasteiger partial charge is 0.0783 e. The van der Waals surface area contributed by atoms with E-state index in [0.29, 0.717) is 0 Å². The van der Waals surface area contributed by atoms with Crippen molar-refractivity contribution in [3.05, 3.63) is 0 Å². The zero-order chi connectivity index (χ0) is 40.6.